The van der Waals surface area contributed by atoms with E-state index in [1.54, 1.807) is 16.8 Å². The van der Waals surface area contributed by atoms with Gasteiger partial charge in [0.05, 0.1) is 23.4 Å². The van der Waals surface area contributed by atoms with Crippen molar-refractivity contribution < 1.29 is 19.1 Å². The van der Waals surface area contributed by atoms with Gasteiger partial charge in [0, 0.05) is 25.4 Å². The van der Waals surface area contributed by atoms with Gasteiger partial charge in [-0.3, -0.25) is 14.6 Å². The summed E-state index contributed by atoms with van der Waals surface area (Å²) in [5.41, 5.74) is 3.48. The third kappa shape index (κ3) is 3.02. The first kappa shape index (κ1) is 18.4. The number of hydrazine groups is 1. The fourth-order valence-electron chi connectivity index (χ4n) is 3.91. The van der Waals surface area contributed by atoms with Crippen LogP contribution in [0.1, 0.15) is 33.7 Å². The normalized spacial score (nSPS) is 15.3. The summed E-state index contributed by atoms with van der Waals surface area (Å²) in [4.78, 5) is 30.6. The van der Waals surface area contributed by atoms with Gasteiger partial charge in [-0.1, -0.05) is 6.07 Å². The van der Waals surface area contributed by atoms with Crippen LogP contribution < -0.4 is 9.47 Å². The largest absolute Gasteiger partial charge is 0.454 e. The predicted molar refractivity (Wildman–Crippen MR) is 106 cm³/mol. The number of carbonyl (C=O) groups is 2. The third-order valence-corrected chi connectivity index (χ3v) is 5.42. The van der Waals surface area contributed by atoms with Crippen molar-refractivity contribution in [2.75, 3.05) is 19.9 Å². The maximum absolute atomic E-state index is 13.3. The molecule has 0 atom stereocenters. The van der Waals surface area contributed by atoms with Crippen molar-refractivity contribution in [2.24, 2.45) is 0 Å². The fraction of sp³-hybridized carbons (Fsp3) is 0.333. The number of amides is 2. The summed E-state index contributed by atoms with van der Waals surface area (Å²) in [6.45, 7) is 4.90. The molecule has 0 spiro atoms. The van der Waals surface area contributed by atoms with Crippen molar-refractivity contribution in [3.8, 4) is 11.5 Å². The molecule has 2 aliphatic heterocycles. The second-order valence-corrected chi connectivity index (χ2v) is 7.48. The van der Waals surface area contributed by atoms with E-state index in [9.17, 15) is 9.59 Å². The van der Waals surface area contributed by atoms with Gasteiger partial charge in [-0.05, 0) is 38.0 Å². The highest BCUT2D eigenvalue weighted by Crippen LogP contribution is 2.32. The van der Waals surface area contributed by atoms with E-state index in [0.717, 1.165) is 17.7 Å². The fourth-order valence-corrected chi connectivity index (χ4v) is 3.91. The maximum Gasteiger partial charge on any atom is 0.275 e. The topological polar surface area (TPSA) is 89.3 Å². The van der Waals surface area contributed by atoms with Crippen molar-refractivity contribution >= 4 is 17.5 Å². The summed E-state index contributed by atoms with van der Waals surface area (Å²) >= 11 is 0. The molecule has 2 aliphatic rings. The number of aromatic nitrogens is 3. The van der Waals surface area contributed by atoms with Crippen LogP contribution in [-0.4, -0.2) is 56.3 Å². The minimum Gasteiger partial charge on any atom is -0.454 e. The average Bonchev–Trinajstić information content (AvgIpc) is 3.46. The van der Waals surface area contributed by atoms with E-state index in [1.807, 2.05) is 32.0 Å². The van der Waals surface area contributed by atoms with Crippen LogP contribution in [0.2, 0.25) is 0 Å². The molecule has 2 amide bonds. The van der Waals surface area contributed by atoms with Crippen molar-refractivity contribution in [1.29, 1.82) is 0 Å². The maximum atomic E-state index is 13.3. The number of rotatable bonds is 3. The van der Waals surface area contributed by atoms with E-state index in [0.29, 0.717) is 41.5 Å². The summed E-state index contributed by atoms with van der Waals surface area (Å²) in [6, 6.07) is 7.31. The molecule has 0 unspecified atom stereocenters. The number of ether oxygens (including phenoxy) is 2. The van der Waals surface area contributed by atoms with Gasteiger partial charge >= 0.3 is 0 Å². The molecule has 2 aromatic heterocycles. The summed E-state index contributed by atoms with van der Waals surface area (Å²) in [5, 5.41) is 7.45. The van der Waals surface area contributed by atoms with Crippen LogP contribution in [0.4, 0.5) is 0 Å². The van der Waals surface area contributed by atoms with Crippen LogP contribution in [0.25, 0.3) is 5.65 Å². The van der Waals surface area contributed by atoms with E-state index >= 15 is 0 Å². The van der Waals surface area contributed by atoms with Crippen molar-refractivity contribution in [2.45, 2.75) is 26.7 Å². The van der Waals surface area contributed by atoms with Crippen LogP contribution in [0.3, 0.4) is 0 Å². The molecule has 0 bridgehead atoms. The van der Waals surface area contributed by atoms with Gasteiger partial charge in [0.1, 0.15) is 0 Å². The molecule has 0 aliphatic carbocycles. The van der Waals surface area contributed by atoms with Crippen LogP contribution in [0.5, 0.6) is 11.5 Å². The quantitative estimate of drug-likeness (QED) is 0.659. The number of benzene rings is 1. The lowest BCUT2D eigenvalue weighted by Crippen LogP contribution is -2.45. The van der Waals surface area contributed by atoms with Gasteiger partial charge < -0.3 is 9.47 Å². The van der Waals surface area contributed by atoms with Gasteiger partial charge in [-0.25, -0.2) is 14.5 Å². The Balaban J connectivity index is 1.37. The van der Waals surface area contributed by atoms with Crippen molar-refractivity contribution in [3.05, 3.63) is 53.0 Å². The van der Waals surface area contributed by atoms with E-state index in [-0.39, 0.29) is 25.0 Å². The molecule has 1 fully saturated rings. The van der Waals surface area contributed by atoms with Crippen LogP contribution >= 0.6 is 0 Å². The highest BCUT2D eigenvalue weighted by molar-refractivity contribution is 5.96. The smallest absolute Gasteiger partial charge is 0.275 e. The lowest BCUT2D eigenvalue weighted by atomic mass is 10.1. The monoisotopic (exact) mass is 407 g/mol. The lowest BCUT2D eigenvalue weighted by molar-refractivity contribution is -0.139. The Labute approximate surface area is 172 Å². The highest BCUT2D eigenvalue weighted by Gasteiger charge is 2.32. The van der Waals surface area contributed by atoms with E-state index in [1.165, 1.54) is 10.0 Å². The summed E-state index contributed by atoms with van der Waals surface area (Å²) in [6.07, 6.45) is 2.47. The van der Waals surface area contributed by atoms with E-state index in [4.69, 9.17) is 9.47 Å². The summed E-state index contributed by atoms with van der Waals surface area (Å²) in [5.74, 6) is 0.934. The first-order valence-electron chi connectivity index (χ1n) is 9.84. The molecule has 0 radical (unpaired) electrons. The SMILES string of the molecule is Cc1cc2ncc(C(=O)N3CCCN3C(=O)Cc3ccc4c(c3)OCO4)c(C)n2n1. The Kier molecular flexibility index (Phi) is 4.30. The van der Waals surface area contributed by atoms with Gasteiger partial charge in [-0.2, -0.15) is 5.10 Å². The van der Waals surface area contributed by atoms with Crippen LogP contribution in [-0.2, 0) is 11.2 Å². The van der Waals surface area contributed by atoms with Crippen LogP contribution in [0, 0.1) is 13.8 Å². The number of hydrogen-bond acceptors (Lipinski definition) is 6. The van der Waals surface area contributed by atoms with E-state index < -0.39 is 0 Å². The molecule has 9 heteroatoms. The van der Waals surface area contributed by atoms with Gasteiger partial charge in [-0.15, -0.1) is 0 Å². The van der Waals surface area contributed by atoms with Crippen LogP contribution in [0.15, 0.2) is 30.5 Å². The number of nitrogens with zero attached hydrogens (tertiary/aromatic N) is 5. The number of fused-ring (bicyclic) bond motifs is 2. The Morgan fingerprint density at radius 2 is 1.87 bits per heavy atom. The van der Waals surface area contributed by atoms with Gasteiger partial charge in [0.2, 0.25) is 12.7 Å². The number of carbonyl (C=O) groups excluding carboxylic acids is 2. The second-order valence-electron chi connectivity index (χ2n) is 7.48. The lowest BCUT2D eigenvalue weighted by Gasteiger charge is -2.28. The average molecular weight is 407 g/mol. The molecule has 9 nitrogen and oxygen atoms in total. The number of hydrogen-bond donors (Lipinski definition) is 0. The summed E-state index contributed by atoms with van der Waals surface area (Å²) < 4.78 is 12.4. The molecule has 0 saturated carbocycles. The Bertz CT molecular complexity index is 1170. The molecule has 30 heavy (non-hydrogen) atoms. The Morgan fingerprint density at radius 1 is 1.07 bits per heavy atom. The zero-order valence-corrected chi connectivity index (χ0v) is 16.8. The molecule has 154 valence electrons. The summed E-state index contributed by atoms with van der Waals surface area (Å²) in [7, 11) is 0. The third-order valence-electron chi connectivity index (χ3n) is 5.42. The minimum atomic E-state index is -0.244. The van der Waals surface area contributed by atoms with Gasteiger partial charge in [0.25, 0.3) is 5.91 Å². The molecule has 1 saturated heterocycles. The first-order valence-corrected chi connectivity index (χ1v) is 9.84. The van der Waals surface area contributed by atoms with Gasteiger partial charge in [0.15, 0.2) is 17.1 Å². The van der Waals surface area contributed by atoms with Crippen molar-refractivity contribution in [1.82, 2.24) is 24.6 Å². The molecular weight excluding hydrogens is 386 g/mol. The molecule has 5 rings (SSSR count). The standard InChI is InChI=1S/C21H21N5O4/c1-13-8-19-22-11-16(14(2)26(19)23-13)21(28)25-7-3-6-24(25)20(27)10-15-4-5-17-18(9-15)30-12-29-17/h4-5,8-9,11H,3,6-7,10,12H2,1-2H3. The molecule has 4 heterocycles. The molecule has 1 aromatic carbocycles. The molecular formula is C21H21N5O4. The van der Waals surface area contributed by atoms with Crippen molar-refractivity contribution in [3.63, 3.8) is 0 Å². The molecule has 0 N–H and O–H groups in total. The number of aryl methyl sites for hydroxylation is 2. The Hall–Kier alpha value is -3.62. The molecule has 3 aromatic rings. The predicted octanol–water partition coefficient (Wildman–Crippen LogP) is 1.91. The zero-order valence-electron chi connectivity index (χ0n) is 16.8. The zero-order chi connectivity index (χ0) is 20.8. The van der Waals surface area contributed by atoms with E-state index in [2.05, 4.69) is 10.1 Å². The Morgan fingerprint density at radius 3 is 2.73 bits per heavy atom. The highest BCUT2D eigenvalue weighted by atomic mass is 16.7. The second kappa shape index (κ2) is 7.01. The first-order chi connectivity index (χ1) is 14.5. The minimum absolute atomic E-state index is 0.138.